The predicted octanol–water partition coefficient (Wildman–Crippen LogP) is 4.34. The average molecular weight is 499 g/mol. The number of nitrogens with two attached hydrogens (primary N) is 1. The highest BCUT2D eigenvalue weighted by Crippen LogP contribution is 2.32. The number of aryl methyl sites for hydroxylation is 1. The number of carbonyl (C=O) groups excluding carboxylic acids is 2. The molecule has 9 heteroatoms. The van der Waals surface area contributed by atoms with E-state index in [9.17, 15) is 9.59 Å². The molecule has 2 aliphatic rings. The first-order valence-electron chi connectivity index (χ1n) is 12.3. The third kappa shape index (κ3) is 6.16. The molecule has 3 N–H and O–H groups in total. The van der Waals surface area contributed by atoms with Gasteiger partial charge in [-0.25, -0.2) is 4.68 Å². The topological polar surface area (TPSA) is 126 Å². The molecular formula is C28H30N6O3. The maximum Gasteiger partial charge on any atom is 0.263 e. The van der Waals surface area contributed by atoms with Gasteiger partial charge in [0, 0.05) is 31.7 Å². The second-order valence-electron chi connectivity index (χ2n) is 8.82. The lowest BCUT2D eigenvalue weighted by atomic mass is 10.1. The summed E-state index contributed by atoms with van der Waals surface area (Å²) in [4.78, 5) is 25.0. The minimum atomic E-state index is -0.477. The zero-order chi connectivity index (χ0) is 26.2. The Morgan fingerprint density at radius 2 is 1.65 bits per heavy atom. The van der Waals surface area contributed by atoms with Crippen molar-refractivity contribution < 1.29 is 14.3 Å². The number of nitriles is 1. The number of nitrogens with one attached hydrogen (secondary N) is 1. The third-order valence-corrected chi connectivity index (χ3v) is 6.18. The summed E-state index contributed by atoms with van der Waals surface area (Å²) in [5, 5.41) is 16.2. The molecule has 0 aliphatic carbocycles. The van der Waals surface area contributed by atoms with Gasteiger partial charge < -0.3 is 20.7 Å². The molecule has 2 aliphatic heterocycles. The van der Waals surface area contributed by atoms with Gasteiger partial charge in [-0.15, -0.1) is 0 Å². The van der Waals surface area contributed by atoms with Gasteiger partial charge >= 0.3 is 0 Å². The van der Waals surface area contributed by atoms with E-state index in [-0.39, 0.29) is 11.5 Å². The van der Waals surface area contributed by atoms with E-state index in [1.807, 2.05) is 59.3 Å². The van der Waals surface area contributed by atoms with Crippen LogP contribution in [0, 0.1) is 11.3 Å². The van der Waals surface area contributed by atoms with Gasteiger partial charge in [0.15, 0.2) is 0 Å². The van der Waals surface area contributed by atoms with Crippen LogP contribution in [0.25, 0.3) is 11.3 Å². The Bertz CT molecular complexity index is 1300. The van der Waals surface area contributed by atoms with Gasteiger partial charge in [-0.1, -0.05) is 24.8 Å². The highest BCUT2D eigenvalue weighted by Gasteiger charge is 2.25. The normalized spacial score (nSPS) is 14.2. The summed E-state index contributed by atoms with van der Waals surface area (Å²) in [6.45, 7) is 6.54. The summed E-state index contributed by atoms with van der Waals surface area (Å²) >= 11 is 0. The first kappa shape index (κ1) is 25.5. The lowest BCUT2D eigenvalue weighted by Gasteiger charge is -2.25. The second kappa shape index (κ2) is 11.9. The number of hydrogen-bond donors (Lipinski definition) is 2. The van der Waals surface area contributed by atoms with Gasteiger partial charge in [0.1, 0.15) is 40.2 Å². The fraction of sp³-hybridized carbons (Fsp3) is 0.286. The molecule has 1 fully saturated rings. The number of benzene rings is 2. The fourth-order valence-corrected chi connectivity index (χ4v) is 4.32. The Kier molecular flexibility index (Phi) is 8.21. The highest BCUT2D eigenvalue weighted by molar-refractivity contribution is 6.03. The Morgan fingerprint density at radius 3 is 2.30 bits per heavy atom. The molecule has 0 spiro atoms. The number of fused-ring (bicyclic) bond motifs is 1. The van der Waals surface area contributed by atoms with Gasteiger partial charge in [0.2, 0.25) is 0 Å². The molecule has 1 saturated heterocycles. The van der Waals surface area contributed by atoms with Crippen molar-refractivity contribution in [1.29, 1.82) is 5.26 Å². The van der Waals surface area contributed by atoms with Crippen LogP contribution < -0.4 is 15.8 Å². The van der Waals surface area contributed by atoms with Crippen LogP contribution in [0.5, 0.6) is 11.5 Å². The number of anilines is 1. The maximum absolute atomic E-state index is 11.9. The molecule has 3 aromatic rings. The van der Waals surface area contributed by atoms with Crippen LogP contribution in [0.4, 0.5) is 5.82 Å². The lowest BCUT2D eigenvalue weighted by Crippen LogP contribution is -2.36. The van der Waals surface area contributed by atoms with Crippen molar-refractivity contribution in [3.05, 3.63) is 72.3 Å². The molecule has 37 heavy (non-hydrogen) atoms. The monoisotopic (exact) mass is 498 g/mol. The first-order valence-corrected chi connectivity index (χ1v) is 12.3. The van der Waals surface area contributed by atoms with Crippen molar-refractivity contribution in [2.24, 2.45) is 5.73 Å². The van der Waals surface area contributed by atoms with Crippen molar-refractivity contribution in [2.75, 3.05) is 25.0 Å². The van der Waals surface area contributed by atoms with Crippen LogP contribution in [0.1, 0.15) is 36.0 Å². The number of rotatable bonds is 5. The minimum Gasteiger partial charge on any atom is -0.457 e. The molecule has 2 amide bonds. The van der Waals surface area contributed by atoms with Gasteiger partial charge in [-0.05, 0) is 62.1 Å². The molecule has 5 rings (SSSR count). The summed E-state index contributed by atoms with van der Waals surface area (Å²) in [7, 11) is 0. The Hall–Kier alpha value is -4.58. The Labute approximate surface area is 216 Å². The molecular weight excluding hydrogens is 468 g/mol. The number of hydrogen-bond acceptors (Lipinski definition) is 6. The highest BCUT2D eigenvalue weighted by atomic mass is 16.5. The van der Waals surface area contributed by atoms with E-state index in [1.165, 1.54) is 6.42 Å². The molecule has 0 bridgehead atoms. The Balaban J connectivity index is 0.000000225. The summed E-state index contributed by atoms with van der Waals surface area (Å²) in [5.41, 5.74) is 7.52. The zero-order valence-corrected chi connectivity index (χ0v) is 20.7. The number of piperidine rings is 1. The van der Waals surface area contributed by atoms with Crippen molar-refractivity contribution in [3.63, 3.8) is 0 Å². The smallest absolute Gasteiger partial charge is 0.263 e. The van der Waals surface area contributed by atoms with Crippen LogP contribution >= 0.6 is 0 Å². The Morgan fingerprint density at radius 1 is 0.973 bits per heavy atom. The summed E-state index contributed by atoms with van der Waals surface area (Å²) in [5.74, 6) is 1.53. The first-order chi connectivity index (χ1) is 18.0. The standard InChI is InChI=1S/C19H18N4O2.C9H12N2O/c20-18(24)16-17(22-23-12-4-11-21-19(16)23)13-7-9-15(10-8-13)25-14-5-2-1-3-6-14;1-8(7-10)9(12)11-5-3-2-4-6-11/h1-3,5-10,21H,4,11-12H2,(H2,20,24);1-6H2. The number of amides is 2. The number of likely N-dealkylation sites (tertiary alicyclic amines) is 1. The number of carbonyl (C=O) groups is 2. The molecule has 2 aromatic carbocycles. The summed E-state index contributed by atoms with van der Waals surface area (Å²) < 4.78 is 7.61. The average Bonchev–Trinajstić information content (AvgIpc) is 3.34. The van der Waals surface area contributed by atoms with Gasteiger partial charge in [-0.3, -0.25) is 9.59 Å². The predicted molar refractivity (Wildman–Crippen MR) is 141 cm³/mol. The molecule has 0 atom stereocenters. The molecule has 9 nitrogen and oxygen atoms in total. The van der Waals surface area contributed by atoms with Crippen molar-refractivity contribution in [2.45, 2.75) is 32.2 Å². The largest absolute Gasteiger partial charge is 0.457 e. The summed E-state index contributed by atoms with van der Waals surface area (Å²) in [6, 6.07) is 18.9. The van der Waals surface area contributed by atoms with Crippen molar-refractivity contribution in [1.82, 2.24) is 14.7 Å². The van der Waals surface area contributed by atoms with Crippen LogP contribution in [0.2, 0.25) is 0 Å². The number of aromatic nitrogens is 2. The number of ether oxygens (including phenoxy) is 1. The van der Waals surface area contributed by atoms with Crippen molar-refractivity contribution in [3.8, 4) is 28.8 Å². The number of primary amides is 1. The lowest BCUT2D eigenvalue weighted by molar-refractivity contribution is -0.127. The zero-order valence-electron chi connectivity index (χ0n) is 20.7. The molecule has 0 radical (unpaired) electrons. The van der Waals surface area contributed by atoms with Crippen LogP contribution in [0.15, 0.2) is 66.7 Å². The van der Waals surface area contributed by atoms with Crippen molar-refractivity contribution >= 4 is 17.6 Å². The van der Waals surface area contributed by atoms with E-state index in [4.69, 9.17) is 15.7 Å². The van der Waals surface area contributed by atoms with Crippen LogP contribution in [-0.2, 0) is 11.3 Å². The quantitative estimate of drug-likeness (QED) is 0.398. The van der Waals surface area contributed by atoms with E-state index < -0.39 is 5.91 Å². The molecule has 190 valence electrons. The molecule has 1 aromatic heterocycles. The fourth-order valence-electron chi connectivity index (χ4n) is 4.32. The number of nitrogens with zero attached hydrogens (tertiary/aromatic N) is 4. The molecule has 0 unspecified atom stereocenters. The van der Waals surface area contributed by atoms with E-state index in [0.717, 1.165) is 62.5 Å². The summed E-state index contributed by atoms with van der Waals surface area (Å²) in [6.07, 6.45) is 4.24. The van der Waals surface area contributed by atoms with E-state index >= 15 is 0 Å². The van der Waals surface area contributed by atoms with Gasteiger partial charge in [-0.2, -0.15) is 10.4 Å². The number of para-hydroxylation sites is 1. The maximum atomic E-state index is 11.9. The van der Waals surface area contributed by atoms with Crippen LogP contribution in [-0.4, -0.2) is 46.1 Å². The SMILES string of the molecule is C=C(C#N)C(=O)N1CCCCC1.NC(=O)c1c(-c2ccc(Oc3ccccc3)cc2)nn2c1NCCC2. The van der Waals surface area contributed by atoms with Crippen LogP contribution in [0.3, 0.4) is 0 Å². The van der Waals surface area contributed by atoms with E-state index in [1.54, 1.807) is 11.0 Å². The molecule has 0 saturated carbocycles. The van der Waals surface area contributed by atoms with Gasteiger partial charge in [0.25, 0.3) is 11.8 Å². The second-order valence-corrected chi connectivity index (χ2v) is 8.82. The molecule has 3 heterocycles. The van der Waals surface area contributed by atoms with Gasteiger partial charge in [0.05, 0.1) is 0 Å². The minimum absolute atomic E-state index is 0.0527. The third-order valence-electron chi connectivity index (χ3n) is 6.18. The van der Waals surface area contributed by atoms with E-state index in [2.05, 4.69) is 17.0 Å². The van der Waals surface area contributed by atoms with E-state index in [0.29, 0.717) is 17.1 Å².